The summed E-state index contributed by atoms with van der Waals surface area (Å²) in [6.45, 7) is 5.23. The first-order chi connectivity index (χ1) is 7.21. The van der Waals surface area contributed by atoms with Gasteiger partial charge < -0.3 is 14.6 Å². The largest absolute Gasteiger partial charge is 0.371 e. The lowest BCUT2D eigenvalue weighted by Gasteiger charge is -2.34. The Hall–Kier alpha value is -0.300. The Morgan fingerprint density at radius 2 is 2.12 bits per heavy atom. The molecule has 0 spiro atoms. The Kier molecular flexibility index (Phi) is 4.23. The third-order valence-electron chi connectivity index (χ3n) is 2.15. The molecule has 1 rings (SSSR count). The Balaban J connectivity index is 2.46. The van der Waals surface area contributed by atoms with Crippen molar-refractivity contribution in [1.82, 2.24) is 5.32 Å². The van der Waals surface area contributed by atoms with E-state index in [9.17, 15) is 13.9 Å². The minimum atomic E-state index is -3.25. The Bertz CT molecular complexity index is 231. The molecule has 96 valence electrons. The fourth-order valence-electron chi connectivity index (χ4n) is 1.49. The molecule has 6 heteroatoms. The van der Waals surface area contributed by atoms with Gasteiger partial charge in [0.05, 0.1) is 12.2 Å². The summed E-state index contributed by atoms with van der Waals surface area (Å²) in [4.78, 5) is 0. The van der Waals surface area contributed by atoms with Crippen LogP contribution < -0.4 is 5.32 Å². The normalized spacial score (nSPS) is 27.8. The van der Waals surface area contributed by atoms with E-state index in [4.69, 9.17) is 4.74 Å². The van der Waals surface area contributed by atoms with Crippen LogP contribution in [-0.2, 0) is 9.47 Å². The van der Waals surface area contributed by atoms with Gasteiger partial charge in [0.1, 0.15) is 6.04 Å². The molecule has 0 aromatic heterocycles. The highest BCUT2D eigenvalue weighted by Crippen LogP contribution is 2.28. The van der Waals surface area contributed by atoms with Gasteiger partial charge in [0, 0.05) is 0 Å². The molecule has 16 heavy (non-hydrogen) atoms. The van der Waals surface area contributed by atoms with Gasteiger partial charge in [-0.15, -0.1) is 0 Å². The molecule has 1 fully saturated rings. The van der Waals surface area contributed by atoms with Crippen LogP contribution in [0.5, 0.6) is 0 Å². The van der Waals surface area contributed by atoms with E-state index in [1.165, 1.54) is 0 Å². The van der Waals surface area contributed by atoms with Gasteiger partial charge in [-0.3, -0.25) is 5.32 Å². The van der Waals surface area contributed by atoms with Crippen molar-refractivity contribution in [1.29, 1.82) is 0 Å². The van der Waals surface area contributed by atoms with Gasteiger partial charge in [0.15, 0.2) is 0 Å². The van der Waals surface area contributed by atoms with Crippen molar-refractivity contribution in [3.63, 3.8) is 0 Å². The highest BCUT2D eigenvalue weighted by atomic mass is 19.3. The van der Waals surface area contributed by atoms with Crippen molar-refractivity contribution in [2.45, 2.75) is 57.8 Å². The maximum atomic E-state index is 13.2. The Morgan fingerprint density at radius 1 is 1.50 bits per heavy atom. The van der Waals surface area contributed by atoms with Crippen LogP contribution >= 0.6 is 0 Å². The van der Waals surface area contributed by atoms with Crippen molar-refractivity contribution in [2.75, 3.05) is 6.61 Å². The van der Waals surface area contributed by atoms with Gasteiger partial charge in [0.2, 0.25) is 6.41 Å². The molecule has 0 amide bonds. The molecule has 1 aliphatic rings. The first-order valence-electron chi connectivity index (χ1n) is 5.34. The molecule has 2 N–H and O–H groups in total. The fourth-order valence-corrected chi connectivity index (χ4v) is 1.49. The van der Waals surface area contributed by atoms with E-state index in [0.29, 0.717) is 6.42 Å². The number of aliphatic hydroxyl groups excluding tert-OH is 1. The van der Waals surface area contributed by atoms with Crippen molar-refractivity contribution < 1.29 is 23.4 Å². The Labute approximate surface area is 93.9 Å². The quantitative estimate of drug-likeness (QED) is 0.732. The molecule has 1 saturated heterocycles. The minimum absolute atomic E-state index is 0.0431. The molecule has 1 heterocycles. The zero-order chi connectivity index (χ0) is 12.4. The molecule has 0 bridgehead atoms. The number of hydrogen-bond acceptors (Lipinski definition) is 4. The summed E-state index contributed by atoms with van der Waals surface area (Å²) in [7, 11) is 0. The van der Waals surface area contributed by atoms with Gasteiger partial charge in [-0.05, 0) is 33.6 Å². The van der Waals surface area contributed by atoms with Crippen LogP contribution in [0.1, 0.15) is 33.6 Å². The summed E-state index contributed by atoms with van der Waals surface area (Å²) < 4.78 is 35.9. The van der Waals surface area contributed by atoms with Crippen LogP contribution in [0.4, 0.5) is 8.78 Å². The number of alkyl halides is 2. The zero-order valence-corrected chi connectivity index (χ0v) is 9.80. The average molecular weight is 239 g/mol. The fraction of sp³-hybridized carbons (Fsp3) is 1.00. The predicted octanol–water partition coefficient (Wildman–Crippen LogP) is 1.44. The highest BCUT2D eigenvalue weighted by Gasteiger charge is 2.44. The number of hydrogen-bond donors (Lipinski definition) is 2. The van der Waals surface area contributed by atoms with Crippen LogP contribution in [0.15, 0.2) is 0 Å². The molecule has 0 aromatic rings. The van der Waals surface area contributed by atoms with Crippen molar-refractivity contribution in [3.8, 4) is 0 Å². The summed E-state index contributed by atoms with van der Waals surface area (Å²) >= 11 is 0. The molecular weight excluding hydrogens is 220 g/mol. The average Bonchev–Trinajstić information content (AvgIpc) is 2.05. The number of nitrogens with one attached hydrogen (secondary N) is 1. The Morgan fingerprint density at radius 3 is 2.62 bits per heavy atom. The van der Waals surface area contributed by atoms with Crippen molar-refractivity contribution in [2.24, 2.45) is 0 Å². The van der Waals surface area contributed by atoms with Crippen LogP contribution in [-0.4, -0.2) is 35.9 Å². The molecular formula is C10H19F2NO3. The predicted molar refractivity (Wildman–Crippen MR) is 53.9 cm³/mol. The molecule has 2 atom stereocenters. The van der Waals surface area contributed by atoms with E-state index in [-0.39, 0.29) is 13.0 Å². The van der Waals surface area contributed by atoms with E-state index in [0.717, 1.165) is 0 Å². The van der Waals surface area contributed by atoms with Gasteiger partial charge >= 0.3 is 6.11 Å². The van der Waals surface area contributed by atoms with E-state index in [1.807, 2.05) is 0 Å². The van der Waals surface area contributed by atoms with Gasteiger partial charge in [-0.25, -0.2) is 0 Å². The third kappa shape index (κ3) is 4.29. The number of aliphatic hydroxyl groups is 1. The summed E-state index contributed by atoms with van der Waals surface area (Å²) in [5.74, 6) is 0. The van der Waals surface area contributed by atoms with E-state index in [1.54, 1.807) is 20.8 Å². The van der Waals surface area contributed by atoms with Gasteiger partial charge in [-0.2, -0.15) is 8.78 Å². The maximum absolute atomic E-state index is 13.2. The maximum Gasteiger partial charge on any atom is 0.371 e. The van der Waals surface area contributed by atoms with E-state index in [2.05, 4.69) is 10.1 Å². The summed E-state index contributed by atoms with van der Waals surface area (Å²) in [6.07, 6.45) is -3.88. The standard InChI is InChI=1S/C10H19F2NO3/c1-9(2,3)16-8(14)13-7-5-4-6-15-10(7,11)12/h7-8,13-14H,4-6H2,1-3H3. The molecule has 2 unspecified atom stereocenters. The first kappa shape index (κ1) is 13.8. The topological polar surface area (TPSA) is 50.7 Å². The van der Waals surface area contributed by atoms with Crippen LogP contribution in [0.2, 0.25) is 0 Å². The number of rotatable bonds is 3. The van der Waals surface area contributed by atoms with E-state index >= 15 is 0 Å². The lowest BCUT2D eigenvalue weighted by Crippen LogP contribution is -2.54. The van der Waals surface area contributed by atoms with E-state index < -0.39 is 24.2 Å². The summed E-state index contributed by atoms with van der Waals surface area (Å²) in [6, 6.07) is -1.21. The lowest BCUT2D eigenvalue weighted by atomic mass is 10.1. The van der Waals surface area contributed by atoms with Gasteiger partial charge in [-0.1, -0.05) is 0 Å². The van der Waals surface area contributed by atoms with Crippen LogP contribution in [0, 0.1) is 0 Å². The summed E-state index contributed by atoms with van der Waals surface area (Å²) in [5, 5.41) is 11.8. The van der Waals surface area contributed by atoms with Crippen molar-refractivity contribution in [3.05, 3.63) is 0 Å². The monoisotopic (exact) mass is 239 g/mol. The first-order valence-corrected chi connectivity index (χ1v) is 5.34. The molecule has 0 aliphatic carbocycles. The highest BCUT2D eigenvalue weighted by molar-refractivity contribution is 4.79. The van der Waals surface area contributed by atoms with Crippen LogP contribution in [0.3, 0.4) is 0 Å². The molecule has 1 aliphatic heterocycles. The number of ether oxygens (including phenoxy) is 2. The lowest BCUT2D eigenvalue weighted by molar-refractivity contribution is -0.289. The summed E-state index contributed by atoms with van der Waals surface area (Å²) in [5.41, 5.74) is -0.600. The third-order valence-corrected chi connectivity index (χ3v) is 2.15. The molecule has 0 aromatic carbocycles. The molecule has 0 radical (unpaired) electrons. The van der Waals surface area contributed by atoms with Crippen LogP contribution in [0.25, 0.3) is 0 Å². The molecule has 0 saturated carbocycles. The van der Waals surface area contributed by atoms with Crippen molar-refractivity contribution >= 4 is 0 Å². The second kappa shape index (κ2) is 4.91. The second-order valence-electron chi connectivity index (χ2n) is 4.85. The second-order valence-corrected chi connectivity index (χ2v) is 4.85. The SMILES string of the molecule is CC(C)(C)OC(O)NC1CCCOC1(F)F. The zero-order valence-electron chi connectivity index (χ0n) is 9.80. The smallest absolute Gasteiger partial charge is 0.356 e. The number of halogens is 2. The molecule has 4 nitrogen and oxygen atoms in total. The van der Waals surface area contributed by atoms with Gasteiger partial charge in [0.25, 0.3) is 0 Å². The minimum Gasteiger partial charge on any atom is -0.356 e.